The molecule has 0 aromatic carbocycles. The lowest BCUT2D eigenvalue weighted by molar-refractivity contribution is 0.0486. The number of amides is 1. The van der Waals surface area contributed by atoms with Crippen LogP contribution >= 0.6 is 0 Å². The SMILES string of the molecule is CC(C)(C)OC(=O)NC1(c2nc3ccncc3o2)CC1. The first kappa shape index (κ1) is 12.9. The van der Waals surface area contributed by atoms with Gasteiger partial charge in [0, 0.05) is 6.20 Å². The van der Waals surface area contributed by atoms with Gasteiger partial charge in [-0.05, 0) is 39.7 Å². The van der Waals surface area contributed by atoms with Crippen molar-refractivity contribution in [2.45, 2.75) is 44.8 Å². The molecule has 6 heteroatoms. The molecular weight excluding hydrogens is 258 g/mol. The van der Waals surface area contributed by atoms with Crippen molar-refractivity contribution in [2.75, 3.05) is 0 Å². The molecule has 0 radical (unpaired) electrons. The van der Waals surface area contributed by atoms with Crippen molar-refractivity contribution in [3.8, 4) is 0 Å². The summed E-state index contributed by atoms with van der Waals surface area (Å²) in [6.45, 7) is 5.49. The zero-order valence-electron chi connectivity index (χ0n) is 11.8. The van der Waals surface area contributed by atoms with Crippen molar-refractivity contribution < 1.29 is 13.9 Å². The molecule has 1 aliphatic carbocycles. The fourth-order valence-corrected chi connectivity index (χ4v) is 2.00. The van der Waals surface area contributed by atoms with E-state index < -0.39 is 17.2 Å². The van der Waals surface area contributed by atoms with Gasteiger partial charge in [-0.2, -0.15) is 0 Å². The molecule has 1 fully saturated rings. The molecule has 0 unspecified atom stereocenters. The lowest BCUT2D eigenvalue weighted by Crippen LogP contribution is -2.39. The Balaban J connectivity index is 1.80. The molecule has 2 heterocycles. The van der Waals surface area contributed by atoms with Crippen LogP contribution in [0, 0.1) is 0 Å². The fourth-order valence-electron chi connectivity index (χ4n) is 2.00. The Bertz CT molecular complexity index is 620. The van der Waals surface area contributed by atoms with Crippen LogP contribution in [0.1, 0.15) is 39.5 Å². The van der Waals surface area contributed by atoms with E-state index in [0.29, 0.717) is 11.5 Å². The van der Waals surface area contributed by atoms with E-state index in [-0.39, 0.29) is 0 Å². The number of nitrogens with zero attached hydrogens (tertiary/aromatic N) is 2. The molecule has 0 bridgehead atoms. The first-order valence-electron chi connectivity index (χ1n) is 6.60. The second kappa shape index (κ2) is 4.19. The number of nitrogens with one attached hydrogen (secondary N) is 1. The summed E-state index contributed by atoms with van der Waals surface area (Å²) in [6, 6.07) is 1.78. The van der Waals surface area contributed by atoms with Crippen LogP contribution in [0.4, 0.5) is 4.79 Å². The molecule has 0 spiro atoms. The lowest BCUT2D eigenvalue weighted by atomic mass is 10.2. The molecule has 1 saturated carbocycles. The first-order valence-corrected chi connectivity index (χ1v) is 6.60. The number of oxazole rings is 1. The third-order valence-electron chi connectivity index (χ3n) is 3.09. The van der Waals surface area contributed by atoms with Crippen LogP contribution in [0.15, 0.2) is 22.9 Å². The molecule has 0 aliphatic heterocycles. The maximum absolute atomic E-state index is 11.9. The van der Waals surface area contributed by atoms with E-state index in [1.54, 1.807) is 18.5 Å². The van der Waals surface area contributed by atoms with Crippen LogP contribution in [0.2, 0.25) is 0 Å². The number of rotatable bonds is 2. The molecule has 3 rings (SSSR count). The molecular formula is C14H17N3O3. The second-order valence-corrected chi connectivity index (χ2v) is 6.07. The molecule has 2 aromatic heterocycles. The van der Waals surface area contributed by atoms with Gasteiger partial charge in [-0.25, -0.2) is 9.78 Å². The highest BCUT2D eigenvalue weighted by Gasteiger charge is 2.51. The van der Waals surface area contributed by atoms with Gasteiger partial charge < -0.3 is 14.5 Å². The Morgan fingerprint density at radius 1 is 1.45 bits per heavy atom. The fraction of sp³-hybridized carbons (Fsp3) is 0.500. The van der Waals surface area contributed by atoms with Crippen LogP contribution < -0.4 is 5.32 Å². The van der Waals surface area contributed by atoms with Crippen LogP contribution in [0.25, 0.3) is 11.1 Å². The van der Waals surface area contributed by atoms with Gasteiger partial charge in [0.05, 0.1) is 6.20 Å². The smallest absolute Gasteiger partial charge is 0.408 e. The number of carbonyl (C=O) groups excluding carboxylic acids is 1. The minimum absolute atomic E-state index is 0.449. The Morgan fingerprint density at radius 3 is 2.80 bits per heavy atom. The number of hydrogen-bond acceptors (Lipinski definition) is 5. The summed E-state index contributed by atoms with van der Waals surface area (Å²) in [5.41, 5.74) is 0.319. The monoisotopic (exact) mass is 275 g/mol. The molecule has 6 nitrogen and oxygen atoms in total. The summed E-state index contributed by atoms with van der Waals surface area (Å²) in [6.07, 6.45) is 4.43. The van der Waals surface area contributed by atoms with E-state index in [1.165, 1.54) is 0 Å². The molecule has 0 saturated heterocycles. The van der Waals surface area contributed by atoms with Crippen LogP contribution in [-0.4, -0.2) is 21.7 Å². The van der Waals surface area contributed by atoms with Gasteiger partial charge in [0.2, 0.25) is 5.89 Å². The molecule has 2 aromatic rings. The van der Waals surface area contributed by atoms with Crippen LogP contribution in [0.5, 0.6) is 0 Å². The molecule has 1 N–H and O–H groups in total. The van der Waals surface area contributed by atoms with E-state index in [0.717, 1.165) is 18.4 Å². The lowest BCUT2D eigenvalue weighted by Gasteiger charge is -2.22. The van der Waals surface area contributed by atoms with E-state index in [4.69, 9.17) is 9.15 Å². The van der Waals surface area contributed by atoms with Gasteiger partial charge in [-0.15, -0.1) is 0 Å². The second-order valence-electron chi connectivity index (χ2n) is 6.07. The average Bonchev–Trinajstić information content (AvgIpc) is 2.97. The highest BCUT2D eigenvalue weighted by molar-refractivity contribution is 5.72. The summed E-state index contributed by atoms with van der Waals surface area (Å²) in [4.78, 5) is 20.3. The Morgan fingerprint density at radius 2 is 2.20 bits per heavy atom. The first-order chi connectivity index (χ1) is 9.38. The zero-order valence-corrected chi connectivity index (χ0v) is 11.8. The summed E-state index contributed by atoms with van der Waals surface area (Å²) >= 11 is 0. The van der Waals surface area contributed by atoms with E-state index in [2.05, 4.69) is 15.3 Å². The number of fused-ring (bicyclic) bond motifs is 1. The number of hydrogen-bond donors (Lipinski definition) is 1. The Labute approximate surface area is 116 Å². The van der Waals surface area contributed by atoms with Gasteiger partial charge >= 0.3 is 6.09 Å². The normalized spacial score (nSPS) is 16.9. The quantitative estimate of drug-likeness (QED) is 0.911. The number of aromatic nitrogens is 2. The Kier molecular flexibility index (Phi) is 2.70. The highest BCUT2D eigenvalue weighted by atomic mass is 16.6. The number of ether oxygens (including phenoxy) is 1. The average molecular weight is 275 g/mol. The minimum Gasteiger partial charge on any atom is -0.444 e. The van der Waals surface area contributed by atoms with Crippen molar-refractivity contribution in [2.24, 2.45) is 0 Å². The van der Waals surface area contributed by atoms with Crippen molar-refractivity contribution in [3.05, 3.63) is 24.4 Å². The largest absolute Gasteiger partial charge is 0.444 e. The predicted molar refractivity (Wildman–Crippen MR) is 72.1 cm³/mol. The van der Waals surface area contributed by atoms with Gasteiger partial charge in [0.15, 0.2) is 5.58 Å². The molecule has 20 heavy (non-hydrogen) atoms. The number of alkyl carbamates (subject to hydrolysis) is 1. The van der Waals surface area contributed by atoms with Crippen molar-refractivity contribution in [1.82, 2.24) is 15.3 Å². The minimum atomic E-state index is -0.526. The summed E-state index contributed by atoms with van der Waals surface area (Å²) in [5, 5.41) is 2.86. The van der Waals surface area contributed by atoms with Gasteiger partial charge in [0.25, 0.3) is 0 Å². The van der Waals surface area contributed by atoms with Gasteiger partial charge in [-0.1, -0.05) is 0 Å². The van der Waals surface area contributed by atoms with Gasteiger partial charge in [-0.3, -0.25) is 4.98 Å². The zero-order chi connectivity index (χ0) is 14.4. The summed E-state index contributed by atoms with van der Waals surface area (Å²) in [7, 11) is 0. The molecule has 1 aliphatic rings. The highest BCUT2D eigenvalue weighted by Crippen LogP contribution is 2.45. The van der Waals surface area contributed by atoms with Crippen molar-refractivity contribution in [1.29, 1.82) is 0 Å². The standard InChI is InChI=1S/C14H17N3O3/c1-13(2,3)20-12(18)17-14(5-6-14)11-16-9-4-7-15-8-10(9)19-11/h4,7-8H,5-6H2,1-3H3,(H,17,18). The number of carbonyl (C=O) groups is 1. The topological polar surface area (TPSA) is 77.2 Å². The maximum Gasteiger partial charge on any atom is 0.408 e. The summed E-state index contributed by atoms with van der Waals surface area (Å²) in [5.74, 6) is 0.520. The third kappa shape index (κ3) is 2.45. The Hall–Kier alpha value is -2.11. The van der Waals surface area contributed by atoms with E-state index in [9.17, 15) is 4.79 Å². The van der Waals surface area contributed by atoms with Gasteiger partial charge in [0.1, 0.15) is 16.7 Å². The molecule has 1 amide bonds. The maximum atomic E-state index is 11.9. The van der Waals surface area contributed by atoms with Crippen LogP contribution in [-0.2, 0) is 10.3 Å². The predicted octanol–water partition coefficient (Wildman–Crippen LogP) is 2.74. The van der Waals surface area contributed by atoms with E-state index >= 15 is 0 Å². The molecule has 106 valence electrons. The van der Waals surface area contributed by atoms with Crippen molar-refractivity contribution in [3.63, 3.8) is 0 Å². The summed E-state index contributed by atoms with van der Waals surface area (Å²) < 4.78 is 11.0. The number of pyridine rings is 1. The van der Waals surface area contributed by atoms with E-state index in [1.807, 2.05) is 20.8 Å². The third-order valence-corrected chi connectivity index (χ3v) is 3.09. The molecule has 0 atom stereocenters. The van der Waals surface area contributed by atoms with Crippen LogP contribution in [0.3, 0.4) is 0 Å². The van der Waals surface area contributed by atoms with Crippen molar-refractivity contribution >= 4 is 17.2 Å².